The minimum Gasteiger partial charge on any atom is -0.381 e. The number of pyridine rings is 1. The van der Waals surface area contributed by atoms with Crippen LogP contribution in [0.1, 0.15) is 23.3 Å². The number of primary amides is 1. The molecule has 0 aliphatic carbocycles. The highest BCUT2D eigenvalue weighted by Crippen LogP contribution is 2.29. The third kappa shape index (κ3) is 3.33. The van der Waals surface area contributed by atoms with Gasteiger partial charge in [0, 0.05) is 25.8 Å². The number of amides is 2. The van der Waals surface area contributed by atoms with Crippen LogP contribution >= 0.6 is 0 Å². The van der Waals surface area contributed by atoms with Gasteiger partial charge in [-0.25, -0.2) is 13.8 Å². The molecule has 0 aromatic carbocycles. The van der Waals surface area contributed by atoms with Crippen molar-refractivity contribution in [2.75, 3.05) is 19.8 Å². The molecule has 2 amide bonds. The van der Waals surface area contributed by atoms with Crippen molar-refractivity contribution in [3.05, 3.63) is 29.6 Å². The lowest BCUT2D eigenvalue weighted by molar-refractivity contribution is -0.132. The van der Waals surface area contributed by atoms with Crippen LogP contribution in [-0.2, 0) is 9.53 Å². The number of ether oxygens (including phenoxy) is 1. The largest absolute Gasteiger partial charge is 0.381 e. The quantitative estimate of drug-likeness (QED) is 0.840. The van der Waals surface area contributed by atoms with Gasteiger partial charge < -0.3 is 15.8 Å². The summed E-state index contributed by atoms with van der Waals surface area (Å²) in [6.45, 7) is 0.687. The van der Waals surface area contributed by atoms with Crippen molar-refractivity contribution in [3.8, 4) is 0 Å². The summed E-state index contributed by atoms with van der Waals surface area (Å²) in [4.78, 5) is 26.9. The van der Waals surface area contributed by atoms with Crippen molar-refractivity contribution < 1.29 is 23.1 Å². The highest BCUT2D eigenvalue weighted by molar-refractivity contribution is 5.93. The van der Waals surface area contributed by atoms with E-state index in [1.54, 1.807) is 0 Å². The molecule has 1 saturated heterocycles. The topological polar surface area (TPSA) is 94.3 Å². The Hall–Kier alpha value is -2.09. The van der Waals surface area contributed by atoms with E-state index in [2.05, 4.69) is 10.3 Å². The molecule has 114 valence electrons. The molecule has 1 fully saturated rings. The molecule has 1 aromatic rings. The van der Waals surface area contributed by atoms with Gasteiger partial charge in [0.25, 0.3) is 5.91 Å². The van der Waals surface area contributed by atoms with Crippen molar-refractivity contribution in [2.45, 2.75) is 12.8 Å². The second-order valence-corrected chi connectivity index (χ2v) is 4.92. The minimum absolute atomic E-state index is 0.0387. The highest BCUT2D eigenvalue weighted by atomic mass is 19.1. The van der Waals surface area contributed by atoms with Gasteiger partial charge in [0.15, 0.2) is 11.5 Å². The number of carbonyl (C=O) groups is 2. The van der Waals surface area contributed by atoms with Crippen molar-refractivity contribution in [1.29, 1.82) is 0 Å². The van der Waals surface area contributed by atoms with E-state index in [0.29, 0.717) is 32.1 Å². The van der Waals surface area contributed by atoms with E-state index in [4.69, 9.17) is 10.5 Å². The lowest BCUT2D eigenvalue weighted by atomic mass is 9.79. The zero-order valence-corrected chi connectivity index (χ0v) is 11.2. The van der Waals surface area contributed by atoms with Crippen molar-refractivity contribution in [1.82, 2.24) is 10.3 Å². The molecule has 0 saturated carbocycles. The number of nitrogens with one attached hydrogen (secondary N) is 1. The van der Waals surface area contributed by atoms with Crippen LogP contribution in [0.4, 0.5) is 8.78 Å². The second kappa shape index (κ2) is 6.13. The fourth-order valence-corrected chi connectivity index (χ4v) is 2.19. The lowest BCUT2D eigenvalue weighted by Gasteiger charge is -2.34. The van der Waals surface area contributed by atoms with Gasteiger partial charge in [0.05, 0.1) is 11.6 Å². The smallest absolute Gasteiger partial charge is 0.272 e. The van der Waals surface area contributed by atoms with E-state index in [1.165, 1.54) is 0 Å². The van der Waals surface area contributed by atoms with Crippen LogP contribution < -0.4 is 11.1 Å². The van der Waals surface area contributed by atoms with Gasteiger partial charge in [0.1, 0.15) is 5.82 Å². The Morgan fingerprint density at radius 3 is 2.62 bits per heavy atom. The summed E-state index contributed by atoms with van der Waals surface area (Å²) in [6, 6.07) is 0.570. The predicted octanol–water partition coefficient (Wildman–Crippen LogP) is 0.372. The Bertz CT molecular complexity index is 560. The second-order valence-electron chi connectivity index (χ2n) is 4.92. The predicted molar refractivity (Wildman–Crippen MR) is 68.2 cm³/mol. The molecule has 2 heterocycles. The van der Waals surface area contributed by atoms with E-state index < -0.39 is 34.6 Å². The number of halogens is 2. The number of aromatic nitrogens is 1. The van der Waals surface area contributed by atoms with Gasteiger partial charge >= 0.3 is 0 Å². The van der Waals surface area contributed by atoms with Crippen LogP contribution in [0.3, 0.4) is 0 Å². The Labute approximate surface area is 119 Å². The van der Waals surface area contributed by atoms with Crippen molar-refractivity contribution >= 4 is 11.8 Å². The Morgan fingerprint density at radius 2 is 2.05 bits per heavy atom. The SMILES string of the molecule is NC(=O)C1(CNC(=O)c2ncc(F)cc2F)CCOCC1. The summed E-state index contributed by atoms with van der Waals surface area (Å²) >= 11 is 0. The molecule has 0 bridgehead atoms. The van der Waals surface area contributed by atoms with Crippen LogP contribution in [0, 0.1) is 17.0 Å². The summed E-state index contributed by atoms with van der Waals surface area (Å²) in [7, 11) is 0. The highest BCUT2D eigenvalue weighted by Gasteiger charge is 2.39. The summed E-state index contributed by atoms with van der Waals surface area (Å²) in [5.74, 6) is -3.30. The molecule has 0 spiro atoms. The van der Waals surface area contributed by atoms with Gasteiger partial charge in [-0.3, -0.25) is 9.59 Å². The standard InChI is InChI=1S/C13H15F2N3O3/c14-8-5-9(15)10(17-6-8)11(19)18-7-13(12(16)20)1-3-21-4-2-13/h5-6H,1-4,7H2,(H2,16,20)(H,18,19). The number of rotatable bonds is 4. The molecule has 1 aliphatic rings. The summed E-state index contributed by atoms with van der Waals surface area (Å²) in [5, 5.41) is 2.43. The fourth-order valence-electron chi connectivity index (χ4n) is 2.19. The van der Waals surface area contributed by atoms with Gasteiger partial charge in [0.2, 0.25) is 5.91 Å². The van der Waals surface area contributed by atoms with Crippen LogP contribution in [0.15, 0.2) is 12.3 Å². The summed E-state index contributed by atoms with van der Waals surface area (Å²) in [5.41, 5.74) is 3.95. The average molecular weight is 299 g/mol. The first-order chi connectivity index (χ1) is 9.94. The molecule has 0 unspecified atom stereocenters. The number of hydrogen-bond donors (Lipinski definition) is 2. The normalized spacial score (nSPS) is 17.2. The maximum Gasteiger partial charge on any atom is 0.272 e. The Morgan fingerprint density at radius 1 is 1.38 bits per heavy atom. The Kier molecular flexibility index (Phi) is 4.46. The molecule has 3 N–H and O–H groups in total. The van der Waals surface area contributed by atoms with Gasteiger partial charge in [-0.2, -0.15) is 0 Å². The molecule has 1 aliphatic heterocycles. The molecule has 0 radical (unpaired) electrons. The van der Waals surface area contributed by atoms with Crippen LogP contribution in [0.2, 0.25) is 0 Å². The van der Waals surface area contributed by atoms with Crippen molar-refractivity contribution in [3.63, 3.8) is 0 Å². The van der Waals surface area contributed by atoms with E-state index in [9.17, 15) is 18.4 Å². The molecule has 2 rings (SSSR count). The lowest BCUT2D eigenvalue weighted by Crippen LogP contribution is -2.49. The molecule has 8 heteroatoms. The number of hydrogen-bond acceptors (Lipinski definition) is 4. The van der Waals surface area contributed by atoms with Gasteiger partial charge in [-0.15, -0.1) is 0 Å². The van der Waals surface area contributed by atoms with E-state index in [-0.39, 0.29) is 6.54 Å². The first-order valence-electron chi connectivity index (χ1n) is 6.41. The van der Waals surface area contributed by atoms with Crippen LogP contribution in [-0.4, -0.2) is 36.6 Å². The van der Waals surface area contributed by atoms with E-state index >= 15 is 0 Å². The van der Waals surface area contributed by atoms with Crippen LogP contribution in [0.25, 0.3) is 0 Å². The van der Waals surface area contributed by atoms with Crippen LogP contribution in [0.5, 0.6) is 0 Å². The Balaban J connectivity index is 2.07. The molecule has 0 atom stereocenters. The van der Waals surface area contributed by atoms with Crippen molar-refractivity contribution in [2.24, 2.45) is 11.1 Å². The van der Waals surface area contributed by atoms with E-state index in [0.717, 1.165) is 6.20 Å². The maximum absolute atomic E-state index is 13.4. The third-order valence-corrected chi connectivity index (χ3v) is 3.58. The zero-order valence-electron chi connectivity index (χ0n) is 11.2. The van der Waals surface area contributed by atoms with Gasteiger partial charge in [-0.05, 0) is 12.8 Å². The molecular formula is C13H15F2N3O3. The fraction of sp³-hybridized carbons (Fsp3) is 0.462. The molecule has 6 nitrogen and oxygen atoms in total. The number of nitrogens with zero attached hydrogens (tertiary/aromatic N) is 1. The number of nitrogens with two attached hydrogens (primary N) is 1. The zero-order chi connectivity index (χ0) is 15.5. The first kappa shape index (κ1) is 15.3. The van der Waals surface area contributed by atoms with Gasteiger partial charge in [-0.1, -0.05) is 0 Å². The monoisotopic (exact) mass is 299 g/mol. The number of carbonyl (C=O) groups excluding carboxylic acids is 2. The average Bonchev–Trinajstić information content (AvgIpc) is 2.45. The third-order valence-electron chi connectivity index (χ3n) is 3.58. The first-order valence-corrected chi connectivity index (χ1v) is 6.41. The summed E-state index contributed by atoms with van der Waals surface area (Å²) in [6.07, 6.45) is 1.50. The minimum atomic E-state index is -1.06. The molecule has 1 aromatic heterocycles. The maximum atomic E-state index is 13.4. The molecular weight excluding hydrogens is 284 g/mol. The van der Waals surface area contributed by atoms with E-state index in [1.807, 2.05) is 0 Å². The summed E-state index contributed by atoms with van der Waals surface area (Å²) < 4.78 is 31.4. The molecule has 21 heavy (non-hydrogen) atoms.